The van der Waals surface area contributed by atoms with Crippen LogP contribution in [0.15, 0.2) is 72.4 Å². The molecule has 4 rings (SSSR count). The average Bonchev–Trinajstić information content (AvgIpc) is 3.05. The summed E-state index contributed by atoms with van der Waals surface area (Å²) in [6, 6.07) is 12.3. The number of pyridine rings is 1. The fraction of sp³-hybridized carbons (Fsp3) is 0.0870. The molecule has 0 unspecified atom stereocenters. The molecule has 1 fully saturated rings. The fourth-order valence-electron chi connectivity index (χ4n) is 3.54. The summed E-state index contributed by atoms with van der Waals surface area (Å²) < 4.78 is 32.6. The first-order chi connectivity index (χ1) is 14.9. The third-order valence-electron chi connectivity index (χ3n) is 4.94. The lowest BCUT2D eigenvalue weighted by molar-refractivity contribution is -0.132. The second-order valence-electron chi connectivity index (χ2n) is 6.75. The number of carbonyl (C=O) groups excluding carboxylic acids is 2. The number of rotatable bonds is 4. The monoisotopic (exact) mass is 422 g/mol. The molecule has 1 amide bonds. The van der Waals surface area contributed by atoms with Crippen molar-refractivity contribution in [3.05, 3.63) is 95.2 Å². The number of anilines is 1. The lowest BCUT2D eigenvalue weighted by Gasteiger charge is -2.24. The molecule has 2 heterocycles. The Kier molecular flexibility index (Phi) is 5.21. The predicted octanol–water partition coefficient (Wildman–Crippen LogP) is 3.99. The Balaban J connectivity index is 1.98. The van der Waals surface area contributed by atoms with Crippen LogP contribution in [-0.4, -0.2) is 28.9 Å². The molecule has 1 saturated heterocycles. The standard InChI is InChI=1S/C23H16F2N2O4/c1-31-17-10-9-15(25)12-16(17)21(28)19-20(13-5-7-14(24)8-6-13)27(23(30)22(19)29)18-4-2-3-11-26-18/h2-12,20,28H,1H3/t20-/m1/s1. The second kappa shape index (κ2) is 7.98. The topological polar surface area (TPSA) is 79.7 Å². The fourth-order valence-corrected chi connectivity index (χ4v) is 3.54. The Labute approximate surface area is 176 Å². The van der Waals surface area contributed by atoms with E-state index in [2.05, 4.69) is 4.98 Å². The molecule has 1 aliphatic heterocycles. The largest absolute Gasteiger partial charge is 0.507 e. The maximum Gasteiger partial charge on any atom is 0.301 e. The Morgan fingerprint density at radius 1 is 1.03 bits per heavy atom. The van der Waals surface area contributed by atoms with Crippen LogP contribution in [0.2, 0.25) is 0 Å². The molecule has 1 aromatic heterocycles. The van der Waals surface area contributed by atoms with Gasteiger partial charge < -0.3 is 9.84 Å². The normalized spacial score (nSPS) is 17.8. The highest BCUT2D eigenvalue weighted by atomic mass is 19.1. The summed E-state index contributed by atoms with van der Waals surface area (Å²) >= 11 is 0. The number of halogens is 2. The quantitative estimate of drug-likeness (QED) is 0.391. The number of nitrogens with zero attached hydrogens (tertiary/aromatic N) is 2. The molecule has 1 N–H and O–H groups in total. The van der Waals surface area contributed by atoms with Crippen molar-refractivity contribution in [3.63, 3.8) is 0 Å². The number of carbonyl (C=O) groups is 2. The van der Waals surface area contributed by atoms with Gasteiger partial charge in [0.15, 0.2) is 0 Å². The van der Waals surface area contributed by atoms with Crippen LogP contribution in [0, 0.1) is 11.6 Å². The number of benzene rings is 2. The molecule has 31 heavy (non-hydrogen) atoms. The summed E-state index contributed by atoms with van der Waals surface area (Å²) in [6.07, 6.45) is 1.45. The summed E-state index contributed by atoms with van der Waals surface area (Å²) in [4.78, 5) is 31.2. The van der Waals surface area contributed by atoms with E-state index in [0.29, 0.717) is 5.56 Å². The molecule has 1 aliphatic rings. The molecule has 0 spiro atoms. The van der Waals surface area contributed by atoms with E-state index in [-0.39, 0.29) is 22.7 Å². The first kappa shape index (κ1) is 20.2. The highest BCUT2D eigenvalue weighted by molar-refractivity contribution is 6.51. The van der Waals surface area contributed by atoms with Gasteiger partial charge in [0, 0.05) is 6.20 Å². The van der Waals surface area contributed by atoms with Gasteiger partial charge in [0.05, 0.1) is 24.3 Å². The molecule has 0 aliphatic carbocycles. The number of ether oxygens (including phenoxy) is 1. The van der Waals surface area contributed by atoms with Crippen LogP contribution in [0.5, 0.6) is 5.75 Å². The Morgan fingerprint density at radius 2 is 1.74 bits per heavy atom. The van der Waals surface area contributed by atoms with E-state index in [9.17, 15) is 23.5 Å². The smallest absolute Gasteiger partial charge is 0.301 e. The predicted molar refractivity (Wildman–Crippen MR) is 108 cm³/mol. The van der Waals surface area contributed by atoms with Crippen LogP contribution in [-0.2, 0) is 9.59 Å². The van der Waals surface area contributed by atoms with Crippen LogP contribution in [0.3, 0.4) is 0 Å². The molecule has 1 atom stereocenters. The van der Waals surface area contributed by atoms with Gasteiger partial charge >= 0.3 is 5.91 Å². The molecular weight excluding hydrogens is 406 g/mol. The van der Waals surface area contributed by atoms with Gasteiger partial charge in [0.1, 0.15) is 29.0 Å². The van der Waals surface area contributed by atoms with Crippen LogP contribution in [0.1, 0.15) is 17.2 Å². The van der Waals surface area contributed by atoms with Crippen molar-refractivity contribution in [3.8, 4) is 5.75 Å². The van der Waals surface area contributed by atoms with Crippen molar-refractivity contribution in [2.24, 2.45) is 0 Å². The summed E-state index contributed by atoms with van der Waals surface area (Å²) in [5, 5.41) is 11.0. The van der Waals surface area contributed by atoms with Crippen molar-refractivity contribution in [1.29, 1.82) is 0 Å². The molecule has 156 valence electrons. The number of hydrogen-bond donors (Lipinski definition) is 1. The number of aliphatic hydroxyl groups excluding tert-OH is 1. The average molecular weight is 422 g/mol. The summed E-state index contributed by atoms with van der Waals surface area (Å²) in [7, 11) is 1.33. The number of aromatic nitrogens is 1. The molecule has 8 heteroatoms. The number of ketones is 1. The van der Waals surface area contributed by atoms with Crippen molar-refractivity contribution in [2.45, 2.75) is 6.04 Å². The lowest BCUT2D eigenvalue weighted by Crippen LogP contribution is -2.30. The van der Waals surface area contributed by atoms with Gasteiger partial charge in [0.2, 0.25) is 0 Å². The van der Waals surface area contributed by atoms with Gasteiger partial charge in [-0.25, -0.2) is 13.8 Å². The number of Topliss-reactive ketones (excluding diaryl/α,β-unsaturated/α-hetero) is 1. The zero-order valence-corrected chi connectivity index (χ0v) is 16.3. The van der Waals surface area contributed by atoms with Gasteiger partial charge in [-0.1, -0.05) is 18.2 Å². The van der Waals surface area contributed by atoms with Gasteiger partial charge in [-0.05, 0) is 48.0 Å². The summed E-state index contributed by atoms with van der Waals surface area (Å²) in [5.41, 5.74) is -0.0111. The molecule has 0 bridgehead atoms. The molecule has 0 saturated carbocycles. The van der Waals surface area contributed by atoms with Crippen LogP contribution in [0.4, 0.5) is 14.6 Å². The highest BCUT2D eigenvalue weighted by Crippen LogP contribution is 2.42. The molecule has 6 nitrogen and oxygen atoms in total. The zero-order chi connectivity index (χ0) is 22.1. The van der Waals surface area contributed by atoms with E-state index in [0.717, 1.165) is 17.0 Å². The third kappa shape index (κ3) is 3.52. The zero-order valence-electron chi connectivity index (χ0n) is 16.3. The highest BCUT2D eigenvalue weighted by Gasteiger charge is 2.47. The molecular formula is C23H16F2N2O4. The maximum absolute atomic E-state index is 13.9. The number of aliphatic hydroxyl groups is 1. The lowest BCUT2D eigenvalue weighted by atomic mass is 9.95. The molecule has 3 aromatic rings. The minimum absolute atomic E-state index is 0.0892. The molecule has 2 aromatic carbocycles. The van der Waals surface area contributed by atoms with E-state index < -0.39 is 35.1 Å². The Hall–Kier alpha value is -4.07. The van der Waals surface area contributed by atoms with Crippen LogP contribution < -0.4 is 9.64 Å². The van der Waals surface area contributed by atoms with Crippen LogP contribution >= 0.6 is 0 Å². The maximum atomic E-state index is 13.9. The Bertz CT molecular complexity index is 1190. The Morgan fingerprint density at radius 3 is 2.39 bits per heavy atom. The van der Waals surface area contributed by atoms with E-state index in [4.69, 9.17) is 4.74 Å². The van der Waals surface area contributed by atoms with Gasteiger partial charge in [-0.15, -0.1) is 0 Å². The van der Waals surface area contributed by atoms with E-state index in [1.165, 1.54) is 49.7 Å². The first-order valence-electron chi connectivity index (χ1n) is 9.23. The van der Waals surface area contributed by atoms with Crippen molar-refractivity contribution in [1.82, 2.24) is 4.98 Å². The van der Waals surface area contributed by atoms with Crippen molar-refractivity contribution in [2.75, 3.05) is 12.0 Å². The minimum Gasteiger partial charge on any atom is -0.507 e. The third-order valence-corrected chi connectivity index (χ3v) is 4.94. The second-order valence-corrected chi connectivity index (χ2v) is 6.75. The van der Waals surface area contributed by atoms with E-state index in [1.807, 2.05) is 0 Å². The van der Waals surface area contributed by atoms with Crippen LogP contribution in [0.25, 0.3) is 5.76 Å². The summed E-state index contributed by atoms with van der Waals surface area (Å²) in [5.74, 6) is -3.41. The van der Waals surface area contributed by atoms with Crippen molar-refractivity contribution >= 4 is 23.3 Å². The van der Waals surface area contributed by atoms with Gasteiger partial charge in [-0.3, -0.25) is 14.5 Å². The minimum atomic E-state index is -1.11. The first-order valence-corrected chi connectivity index (χ1v) is 9.23. The van der Waals surface area contributed by atoms with Crippen molar-refractivity contribution < 1.29 is 28.2 Å². The number of amides is 1. The number of hydrogen-bond acceptors (Lipinski definition) is 5. The van der Waals surface area contributed by atoms with E-state index >= 15 is 0 Å². The van der Waals surface area contributed by atoms with Gasteiger partial charge in [-0.2, -0.15) is 0 Å². The number of methoxy groups -OCH3 is 1. The van der Waals surface area contributed by atoms with E-state index in [1.54, 1.807) is 12.1 Å². The SMILES string of the molecule is COc1ccc(F)cc1C(O)=C1C(=O)C(=O)N(c2ccccn2)[C@@H]1c1ccc(F)cc1. The van der Waals surface area contributed by atoms with Gasteiger partial charge in [0.25, 0.3) is 5.78 Å². The summed E-state index contributed by atoms with van der Waals surface area (Å²) in [6.45, 7) is 0. The molecule has 0 radical (unpaired) electrons.